The van der Waals surface area contributed by atoms with Gasteiger partial charge in [0, 0.05) is 19.3 Å². The molecule has 0 radical (unpaired) electrons. The Morgan fingerprint density at radius 1 is 1.06 bits per heavy atom. The first kappa shape index (κ1) is 34.4. The SMILES string of the molecule is CC(C)(C)[Si](C)(C)N=S(=O)(c1cnn(C2CC2)n1)N1CCC2=Cc3c(cnn3-c3ccc(F)cc3)C[C@]2(C(=O)c2cc(C(F)(F)F)ccn2)C1. The maximum Gasteiger partial charge on any atom is 0.416 e. The summed E-state index contributed by atoms with van der Waals surface area (Å²) in [4.78, 5) is 20.5. The number of pyridine rings is 1. The minimum absolute atomic E-state index is 0.0625. The average molecular weight is 727 g/mol. The van der Waals surface area contributed by atoms with E-state index in [4.69, 9.17) is 4.03 Å². The second-order valence-electron chi connectivity index (χ2n) is 14.9. The van der Waals surface area contributed by atoms with Gasteiger partial charge in [-0.05, 0) is 91.9 Å². The maximum atomic E-state index is 15.6. The van der Waals surface area contributed by atoms with Crippen LogP contribution in [0.5, 0.6) is 0 Å². The molecule has 16 heteroatoms. The van der Waals surface area contributed by atoms with E-state index in [0.717, 1.165) is 31.2 Å². The van der Waals surface area contributed by atoms with Crippen molar-refractivity contribution in [3.8, 4) is 5.69 Å². The number of carbonyl (C=O) groups excluding carboxylic acids is 1. The van der Waals surface area contributed by atoms with Gasteiger partial charge in [-0.1, -0.05) is 26.3 Å². The van der Waals surface area contributed by atoms with Crippen LogP contribution in [0.25, 0.3) is 11.8 Å². The summed E-state index contributed by atoms with van der Waals surface area (Å²) in [6.45, 7) is 10.4. The van der Waals surface area contributed by atoms with Crippen molar-refractivity contribution < 1.29 is 26.6 Å². The first-order valence-electron chi connectivity index (χ1n) is 16.5. The van der Waals surface area contributed by atoms with Gasteiger partial charge < -0.3 is 0 Å². The Labute approximate surface area is 289 Å². The van der Waals surface area contributed by atoms with Crippen LogP contribution in [0.4, 0.5) is 17.6 Å². The van der Waals surface area contributed by atoms with Gasteiger partial charge in [-0.3, -0.25) is 13.8 Å². The van der Waals surface area contributed by atoms with Crippen molar-refractivity contribution in [3.63, 3.8) is 0 Å². The second kappa shape index (κ2) is 11.8. The lowest BCUT2D eigenvalue weighted by atomic mass is 9.65. The van der Waals surface area contributed by atoms with Crippen molar-refractivity contribution in [3.05, 3.63) is 88.9 Å². The van der Waals surface area contributed by atoms with Crippen molar-refractivity contribution in [2.24, 2.45) is 9.44 Å². The van der Waals surface area contributed by atoms with Gasteiger partial charge in [0.2, 0.25) is 0 Å². The van der Waals surface area contributed by atoms with E-state index in [1.54, 1.807) is 32.1 Å². The van der Waals surface area contributed by atoms with Gasteiger partial charge in [0.15, 0.2) is 29.0 Å². The van der Waals surface area contributed by atoms with Crippen LogP contribution in [-0.4, -0.2) is 65.4 Å². The molecule has 264 valence electrons. The molecule has 3 aliphatic rings. The summed E-state index contributed by atoms with van der Waals surface area (Å²) in [5.41, 5.74) is -0.168. The fraction of sp³-hybridized carbons (Fsp3) is 0.441. The van der Waals surface area contributed by atoms with E-state index in [-0.39, 0.29) is 47.7 Å². The highest BCUT2D eigenvalue weighted by atomic mass is 32.2. The molecule has 0 N–H and O–H groups in total. The second-order valence-corrected chi connectivity index (χ2v) is 22.1. The summed E-state index contributed by atoms with van der Waals surface area (Å²) in [5.74, 6) is -1.02. The number of aromatic nitrogens is 6. The summed E-state index contributed by atoms with van der Waals surface area (Å²) < 4.78 is 79.5. The first-order valence-corrected chi connectivity index (χ1v) is 20.9. The minimum atomic E-state index is -4.69. The lowest BCUT2D eigenvalue weighted by Gasteiger charge is -2.46. The van der Waals surface area contributed by atoms with Crippen LogP contribution in [0, 0.1) is 11.2 Å². The van der Waals surface area contributed by atoms with E-state index in [1.165, 1.54) is 18.3 Å². The summed E-state index contributed by atoms with van der Waals surface area (Å²) >= 11 is 0. The maximum absolute atomic E-state index is 15.6. The Morgan fingerprint density at radius 3 is 2.44 bits per heavy atom. The third-order valence-electron chi connectivity index (χ3n) is 10.4. The summed E-state index contributed by atoms with van der Waals surface area (Å²) in [6.07, 6.45) is 3.41. The molecular formula is C34H38F4N8O2SSi. The fourth-order valence-corrected chi connectivity index (χ4v) is 12.1. The molecule has 3 aromatic heterocycles. The highest BCUT2D eigenvalue weighted by molar-refractivity contribution is 7.92. The summed E-state index contributed by atoms with van der Waals surface area (Å²) in [5, 5.41) is 13.6. The van der Waals surface area contributed by atoms with Gasteiger partial charge in [0.05, 0.1) is 40.8 Å². The van der Waals surface area contributed by atoms with E-state index >= 15 is 4.21 Å². The van der Waals surface area contributed by atoms with E-state index in [2.05, 4.69) is 41.1 Å². The third-order valence-corrected chi connectivity index (χ3v) is 18.6. The van der Waals surface area contributed by atoms with Gasteiger partial charge in [-0.2, -0.15) is 28.2 Å². The molecule has 1 unspecified atom stereocenters. The molecule has 4 aromatic rings. The number of piperidine rings is 1. The van der Waals surface area contributed by atoms with Gasteiger partial charge in [0.25, 0.3) is 0 Å². The summed E-state index contributed by atoms with van der Waals surface area (Å²) in [7, 11) is -6.10. The number of benzene rings is 1. The number of alkyl halides is 3. The Morgan fingerprint density at radius 2 is 1.78 bits per heavy atom. The minimum Gasteiger partial charge on any atom is -0.291 e. The van der Waals surface area contributed by atoms with E-state index in [1.807, 2.05) is 19.2 Å². The molecule has 1 aliphatic heterocycles. The molecule has 2 fully saturated rings. The van der Waals surface area contributed by atoms with E-state index < -0.39 is 46.9 Å². The molecule has 0 amide bonds. The topological polar surface area (TPSA) is 111 Å². The zero-order chi connectivity index (χ0) is 35.9. The molecule has 1 saturated heterocycles. The monoisotopic (exact) mass is 726 g/mol. The number of Topliss-reactive ketones (excluding diaryl/α,β-unsaturated/α-hetero) is 1. The highest BCUT2D eigenvalue weighted by Crippen LogP contribution is 2.48. The quantitative estimate of drug-likeness (QED) is 0.112. The van der Waals surface area contributed by atoms with E-state index in [0.29, 0.717) is 22.5 Å². The van der Waals surface area contributed by atoms with Gasteiger partial charge in [0.1, 0.15) is 11.5 Å². The standard InChI is InChI=1S/C34H38F4N8O2SSi/c1-32(2,3)50(4,5)43-49(48,30-20-41-46(42-30)27-10-11-27)44-15-13-23-17-29-22(19-40-45(29)26-8-6-25(35)7-9-26)18-33(23,21-44)31(47)28-16-24(12-14-39-28)34(36,37)38/h6-9,12,14,16-17,19-20,27H,10-11,13,15,18,21H2,1-5H3/t33-,49?/m0/s1. The molecule has 1 saturated carbocycles. The molecule has 2 aliphatic carbocycles. The number of fused-ring (bicyclic) bond motifs is 2. The zero-order valence-corrected chi connectivity index (χ0v) is 30.2. The van der Waals surface area contributed by atoms with Crippen LogP contribution in [0.1, 0.15) is 73.4 Å². The molecule has 50 heavy (non-hydrogen) atoms. The number of nitrogens with zero attached hydrogens (tertiary/aromatic N) is 8. The molecule has 2 atom stereocenters. The Kier molecular flexibility index (Phi) is 8.10. The van der Waals surface area contributed by atoms with Crippen LogP contribution in [-0.2, 0) is 22.5 Å². The lowest BCUT2D eigenvalue weighted by molar-refractivity contribution is -0.137. The number of ketones is 1. The van der Waals surface area contributed by atoms with Crippen molar-refractivity contribution in [1.82, 2.24) is 34.1 Å². The number of halogens is 4. The predicted molar refractivity (Wildman–Crippen MR) is 182 cm³/mol. The van der Waals surface area contributed by atoms with Crippen LogP contribution in [0.3, 0.4) is 0 Å². The number of carbonyl (C=O) groups is 1. The lowest BCUT2D eigenvalue weighted by Crippen LogP contribution is -2.54. The van der Waals surface area contributed by atoms with E-state index in [9.17, 15) is 22.4 Å². The molecule has 1 aromatic carbocycles. The Bertz CT molecular complexity index is 2140. The number of hydrogen-bond acceptors (Lipinski definition) is 7. The number of rotatable bonds is 7. The third kappa shape index (κ3) is 5.94. The van der Waals surface area contributed by atoms with Gasteiger partial charge in [-0.15, -0.1) is 5.10 Å². The van der Waals surface area contributed by atoms with Crippen molar-refractivity contribution in [1.29, 1.82) is 0 Å². The van der Waals surface area contributed by atoms with Gasteiger partial charge >= 0.3 is 6.18 Å². The normalized spacial score (nSPS) is 21.2. The van der Waals surface area contributed by atoms with Crippen molar-refractivity contribution >= 4 is 30.0 Å². The van der Waals surface area contributed by atoms with Crippen LogP contribution >= 0.6 is 0 Å². The zero-order valence-electron chi connectivity index (χ0n) is 28.4. The van der Waals surface area contributed by atoms with Crippen molar-refractivity contribution in [2.45, 2.75) is 81.8 Å². The molecule has 10 nitrogen and oxygen atoms in total. The highest BCUT2D eigenvalue weighted by Gasteiger charge is 2.52. The predicted octanol–water partition coefficient (Wildman–Crippen LogP) is 7.31. The summed E-state index contributed by atoms with van der Waals surface area (Å²) in [6, 6.07) is 7.58. The average Bonchev–Trinajstić information content (AvgIpc) is 3.64. The molecule has 0 bridgehead atoms. The fourth-order valence-electron chi connectivity index (χ4n) is 6.34. The molecular weight excluding hydrogens is 689 g/mol. The van der Waals surface area contributed by atoms with Crippen molar-refractivity contribution in [2.75, 3.05) is 13.1 Å². The Balaban J connectivity index is 1.39. The first-order chi connectivity index (χ1) is 23.4. The molecule has 7 rings (SSSR count). The largest absolute Gasteiger partial charge is 0.416 e. The number of hydrogen-bond donors (Lipinski definition) is 0. The molecule has 4 heterocycles. The van der Waals surface area contributed by atoms with Gasteiger partial charge in [-0.25, -0.2) is 17.6 Å². The van der Waals surface area contributed by atoms with Crippen LogP contribution in [0.2, 0.25) is 18.1 Å². The Hall–Kier alpha value is -4.02. The van der Waals surface area contributed by atoms with Crippen LogP contribution < -0.4 is 0 Å². The van der Waals surface area contributed by atoms with Crippen LogP contribution in [0.15, 0.2) is 69.6 Å². The molecule has 0 spiro atoms. The smallest absolute Gasteiger partial charge is 0.291 e.